The lowest BCUT2D eigenvalue weighted by Gasteiger charge is -2.16. The molecule has 1 heterocycles. The van der Waals surface area contributed by atoms with Gasteiger partial charge in [0.15, 0.2) is 0 Å². The lowest BCUT2D eigenvalue weighted by molar-refractivity contribution is 0.185. The molecular weight excluding hydrogens is 244 g/mol. The Kier molecular flexibility index (Phi) is 3.05. The molecule has 0 radical (unpaired) electrons. The summed E-state index contributed by atoms with van der Waals surface area (Å²) in [6.07, 6.45) is -0.293. The van der Waals surface area contributed by atoms with Crippen LogP contribution in [0.5, 0.6) is 0 Å². The van der Waals surface area contributed by atoms with E-state index in [0.717, 1.165) is 16.7 Å². The highest BCUT2D eigenvalue weighted by Gasteiger charge is 2.24. The maximum atomic E-state index is 9.57. The van der Waals surface area contributed by atoms with Gasteiger partial charge in [-0.25, -0.2) is 0 Å². The predicted octanol–water partition coefficient (Wildman–Crippen LogP) is 1.19. The molecule has 1 aromatic rings. The van der Waals surface area contributed by atoms with Gasteiger partial charge < -0.3 is 15.7 Å². The van der Waals surface area contributed by atoms with Gasteiger partial charge in [0.2, 0.25) is 0 Å². The van der Waals surface area contributed by atoms with E-state index in [9.17, 15) is 5.11 Å². The third-order valence-electron chi connectivity index (χ3n) is 2.38. The Morgan fingerprint density at radius 1 is 1.29 bits per heavy atom. The van der Waals surface area contributed by atoms with E-state index in [1.54, 1.807) is 0 Å². The fourth-order valence-electron chi connectivity index (χ4n) is 1.57. The van der Waals surface area contributed by atoms with Crippen LogP contribution in [-0.4, -0.2) is 30.3 Å². The van der Waals surface area contributed by atoms with Crippen LogP contribution in [0.25, 0.3) is 0 Å². The summed E-state index contributed by atoms with van der Waals surface area (Å²) < 4.78 is 1.06. The predicted molar refractivity (Wildman–Crippen MR) is 60.4 cm³/mol. The van der Waals surface area contributed by atoms with Crippen LogP contribution in [-0.2, 0) is 0 Å². The number of β-amino-alcohol motifs (C(OH)–C–C–N with tert-alkyl or cyclic N) is 1. The number of nitrogens with one attached hydrogen (secondary N) is 2. The first-order valence-corrected chi connectivity index (χ1v) is 5.46. The molecule has 0 saturated carbocycles. The fourth-order valence-corrected chi connectivity index (χ4v) is 1.84. The smallest absolute Gasteiger partial charge is 0.0877 e. The molecule has 0 aliphatic carbocycles. The summed E-state index contributed by atoms with van der Waals surface area (Å²) in [4.78, 5) is 0. The minimum absolute atomic E-state index is 0.121. The highest BCUT2D eigenvalue weighted by atomic mass is 79.9. The van der Waals surface area contributed by atoms with Crippen molar-refractivity contribution in [3.8, 4) is 0 Å². The van der Waals surface area contributed by atoms with Crippen molar-refractivity contribution >= 4 is 21.6 Å². The largest absolute Gasteiger partial charge is 0.390 e. The van der Waals surface area contributed by atoms with Gasteiger partial charge in [-0.15, -0.1) is 0 Å². The maximum Gasteiger partial charge on any atom is 0.0877 e. The van der Waals surface area contributed by atoms with Crippen molar-refractivity contribution in [2.45, 2.75) is 12.1 Å². The van der Waals surface area contributed by atoms with Crippen LogP contribution in [0.15, 0.2) is 28.7 Å². The Balaban J connectivity index is 2.00. The molecule has 76 valence electrons. The van der Waals surface area contributed by atoms with E-state index in [0.29, 0.717) is 6.54 Å². The molecule has 3 N–H and O–H groups in total. The minimum Gasteiger partial charge on any atom is -0.390 e. The number of aliphatic hydroxyl groups excluding tert-OH is 1. The van der Waals surface area contributed by atoms with Crippen molar-refractivity contribution in [3.05, 3.63) is 28.7 Å². The highest BCUT2D eigenvalue weighted by molar-refractivity contribution is 9.10. The number of hydrogen-bond acceptors (Lipinski definition) is 3. The van der Waals surface area contributed by atoms with Crippen LogP contribution in [0.4, 0.5) is 5.69 Å². The SMILES string of the molecule is O[C@@H]1CNC[C@H]1Nc1ccc(Br)cc1. The van der Waals surface area contributed by atoms with Crippen molar-refractivity contribution in [3.63, 3.8) is 0 Å². The van der Waals surface area contributed by atoms with Crippen LogP contribution in [0.2, 0.25) is 0 Å². The molecular formula is C10H13BrN2O. The van der Waals surface area contributed by atoms with E-state index in [4.69, 9.17) is 0 Å². The standard InChI is InChI=1S/C10H13BrN2O/c11-7-1-3-8(4-2-7)13-9-5-12-6-10(9)14/h1-4,9-10,12-14H,5-6H2/t9-,10-/m1/s1. The molecule has 4 heteroatoms. The molecule has 1 aliphatic heterocycles. The minimum atomic E-state index is -0.293. The third kappa shape index (κ3) is 2.26. The summed E-state index contributed by atoms with van der Waals surface area (Å²) >= 11 is 3.38. The second kappa shape index (κ2) is 4.29. The molecule has 1 fully saturated rings. The summed E-state index contributed by atoms with van der Waals surface area (Å²) in [6.45, 7) is 1.49. The summed E-state index contributed by atoms with van der Waals surface area (Å²) in [5.74, 6) is 0. The first-order valence-electron chi connectivity index (χ1n) is 4.66. The first-order chi connectivity index (χ1) is 6.75. The van der Waals surface area contributed by atoms with Crippen molar-refractivity contribution < 1.29 is 5.11 Å². The van der Waals surface area contributed by atoms with Gasteiger partial charge in [-0.2, -0.15) is 0 Å². The molecule has 1 aromatic carbocycles. The number of halogens is 1. The average Bonchev–Trinajstić information content (AvgIpc) is 2.56. The Hall–Kier alpha value is -0.580. The summed E-state index contributed by atoms with van der Waals surface area (Å²) in [6, 6.07) is 8.08. The van der Waals surface area contributed by atoms with Crippen LogP contribution in [0.1, 0.15) is 0 Å². The number of benzene rings is 1. The van der Waals surface area contributed by atoms with Crippen molar-refractivity contribution in [2.24, 2.45) is 0 Å². The maximum absolute atomic E-state index is 9.57. The van der Waals surface area contributed by atoms with Crippen LogP contribution in [0, 0.1) is 0 Å². The van der Waals surface area contributed by atoms with Gasteiger partial charge in [0, 0.05) is 23.2 Å². The van der Waals surface area contributed by atoms with Gasteiger partial charge in [-0.05, 0) is 24.3 Å². The number of aliphatic hydroxyl groups is 1. The average molecular weight is 257 g/mol. The van der Waals surface area contributed by atoms with Crippen molar-refractivity contribution in [2.75, 3.05) is 18.4 Å². The third-order valence-corrected chi connectivity index (χ3v) is 2.91. The zero-order chi connectivity index (χ0) is 9.97. The van der Waals surface area contributed by atoms with Crippen molar-refractivity contribution in [1.29, 1.82) is 0 Å². The molecule has 0 unspecified atom stereocenters. The zero-order valence-electron chi connectivity index (χ0n) is 7.70. The molecule has 1 aliphatic rings. The molecule has 3 nitrogen and oxygen atoms in total. The van der Waals surface area contributed by atoms with Crippen LogP contribution < -0.4 is 10.6 Å². The molecule has 0 amide bonds. The van der Waals surface area contributed by atoms with Crippen LogP contribution >= 0.6 is 15.9 Å². The second-order valence-corrected chi connectivity index (χ2v) is 4.40. The molecule has 0 aromatic heterocycles. The van der Waals surface area contributed by atoms with Gasteiger partial charge in [-0.1, -0.05) is 15.9 Å². The van der Waals surface area contributed by atoms with E-state index in [2.05, 4.69) is 26.6 Å². The molecule has 14 heavy (non-hydrogen) atoms. The van der Waals surface area contributed by atoms with E-state index >= 15 is 0 Å². The van der Waals surface area contributed by atoms with Gasteiger partial charge in [0.1, 0.15) is 0 Å². The number of hydrogen-bond donors (Lipinski definition) is 3. The van der Waals surface area contributed by atoms with E-state index in [1.807, 2.05) is 24.3 Å². The molecule has 0 spiro atoms. The number of anilines is 1. The lowest BCUT2D eigenvalue weighted by atomic mass is 10.2. The molecule has 2 atom stereocenters. The quantitative estimate of drug-likeness (QED) is 0.745. The topological polar surface area (TPSA) is 44.3 Å². The lowest BCUT2D eigenvalue weighted by Crippen LogP contribution is -2.31. The summed E-state index contributed by atoms with van der Waals surface area (Å²) in [5, 5.41) is 16.0. The second-order valence-electron chi connectivity index (χ2n) is 3.48. The van der Waals surface area contributed by atoms with Gasteiger partial charge >= 0.3 is 0 Å². The Bertz CT molecular complexity index is 301. The molecule has 0 bridgehead atoms. The summed E-state index contributed by atoms with van der Waals surface area (Å²) in [7, 11) is 0. The van der Waals surface area contributed by atoms with Gasteiger partial charge in [0.25, 0.3) is 0 Å². The normalized spacial score (nSPS) is 26.4. The number of rotatable bonds is 2. The van der Waals surface area contributed by atoms with E-state index in [-0.39, 0.29) is 12.1 Å². The fraction of sp³-hybridized carbons (Fsp3) is 0.400. The van der Waals surface area contributed by atoms with Gasteiger partial charge in [-0.3, -0.25) is 0 Å². The molecule has 1 saturated heterocycles. The van der Waals surface area contributed by atoms with E-state index < -0.39 is 0 Å². The zero-order valence-corrected chi connectivity index (χ0v) is 9.29. The monoisotopic (exact) mass is 256 g/mol. The highest BCUT2D eigenvalue weighted by Crippen LogP contribution is 2.16. The Labute approximate surface area is 91.6 Å². The molecule has 2 rings (SSSR count). The Morgan fingerprint density at radius 3 is 2.57 bits per heavy atom. The van der Waals surface area contributed by atoms with Crippen molar-refractivity contribution in [1.82, 2.24) is 5.32 Å². The van der Waals surface area contributed by atoms with Crippen LogP contribution in [0.3, 0.4) is 0 Å². The van der Waals surface area contributed by atoms with Gasteiger partial charge in [0.05, 0.1) is 12.1 Å². The van der Waals surface area contributed by atoms with E-state index in [1.165, 1.54) is 0 Å². The first kappa shape index (κ1) is 9.96. The summed E-state index contributed by atoms with van der Waals surface area (Å²) in [5.41, 5.74) is 1.04. The Morgan fingerprint density at radius 2 is 2.00 bits per heavy atom.